The van der Waals surface area contributed by atoms with E-state index in [1.54, 1.807) is 31.5 Å². The Balaban J connectivity index is 1.25. The number of ether oxygens (including phenoxy) is 2. The Labute approximate surface area is 257 Å². The Morgan fingerprint density at radius 3 is 2.33 bits per heavy atom. The second-order valence-corrected chi connectivity index (χ2v) is 19.2. The van der Waals surface area contributed by atoms with Crippen LogP contribution in [0.5, 0.6) is 10.9 Å². The summed E-state index contributed by atoms with van der Waals surface area (Å²) >= 11 is 7.71. The smallest absolute Gasteiger partial charge is 0.295 e. The van der Waals surface area contributed by atoms with Crippen molar-refractivity contribution in [1.82, 2.24) is 20.2 Å². The fraction of sp³-hybridized carbons (Fsp3) is 0.567. The minimum absolute atomic E-state index is 0.0227. The number of carbonyl (C=O) groups excluding carboxylic acids is 1. The number of aryl methyl sites for hydroxylation is 1. The van der Waals surface area contributed by atoms with Crippen LogP contribution in [-0.4, -0.2) is 53.7 Å². The number of nitrogens with one attached hydrogen (secondary N) is 1. The quantitative estimate of drug-likeness (QED) is 0.189. The summed E-state index contributed by atoms with van der Waals surface area (Å²) in [7, 11) is -0.291. The lowest BCUT2D eigenvalue weighted by molar-refractivity contribution is -0.0945. The van der Waals surface area contributed by atoms with E-state index >= 15 is 0 Å². The van der Waals surface area contributed by atoms with Crippen LogP contribution in [0.4, 0.5) is 5.13 Å². The molecular weight excluding hydrogens is 590 g/mol. The van der Waals surface area contributed by atoms with Gasteiger partial charge in [-0.2, -0.15) is 0 Å². The van der Waals surface area contributed by atoms with Gasteiger partial charge >= 0.3 is 0 Å². The zero-order chi connectivity index (χ0) is 30.3. The summed E-state index contributed by atoms with van der Waals surface area (Å²) in [4.78, 5) is 21.9. The lowest BCUT2D eigenvalue weighted by Gasteiger charge is -2.56. The van der Waals surface area contributed by atoms with Crippen molar-refractivity contribution in [2.45, 2.75) is 90.0 Å². The lowest BCUT2D eigenvalue weighted by atomic mass is 9.59. The Bertz CT molecular complexity index is 1440. The van der Waals surface area contributed by atoms with Crippen LogP contribution in [0.3, 0.4) is 0 Å². The number of hydrogen-bond acceptors (Lipinski definition) is 9. The van der Waals surface area contributed by atoms with Gasteiger partial charge in [-0.25, -0.2) is 4.98 Å². The molecule has 226 valence electrons. The molecule has 0 saturated heterocycles. The van der Waals surface area contributed by atoms with Crippen molar-refractivity contribution in [3.8, 4) is 22.1 Å². The average molecular weight is 630 g/mol. The summed E-state index contributed by atoms with van der Waals surface area (Å²) in [5.41, 5.74) is 2.19. The number of carbonyl (C=O) groups is 1. The van der Waals surface area contributed by atoms with E-state index in [2.05, 4.69) is 59.3 Å². The summed E-state index contributed by atoms with van der Waals surface area (Å²) in [5.74, 6) is 0.00604. The number of rotatable bonds is 9. The summed E-state index contributed by atoms with van der Waals surface area (Å²) in [6, 6.07) is 3.58. The Hall–Kier alpha value is -2.60. The van der Waals surface area contributed by atoms with E-state index in [-0.39, 0.29) is 26.8 Å². The molecule has 3 saturated carbocycles. The Morgan fingerprint density at radius 1 is 1.10 bits per heavy atom. The molecule has 3 aromatic heterocycles. The van der Waals surface area contributed by atoms with Crippen LogP contribution in [0, 0.1) is 12.3 Å². The van der Waals surface area contributed by atoms with Crippen molar-refractivity contribution in [3.05, 3.63) is 40.9 Å². The van der Waals surface area contributed by atoms with Gasteiger partial charge in [0, 0.05) is 23.4 Å². The fourth-order valence-corrected chi connectivity index (χ4v) is 8.48. The maximum absolute atomic E-state index is 13.5. The molecule has 42 heavy (non-hydrogen) atoms. The van der Waals surface area contributed by atoms with E-state index in [4.69, 9.17) is 25.5 Å². The molecule has 0 spiro atoms. The van der Waals surface area contributed by atoms with E-state index in [9.17, 15) is 4.79 Å². The van der Waals surface area contributed by atoms with Gasteiger partial charge in [-0.15, -0.1) is 5.10 Å². The molecule has 3 aromatic rings. The average Bonchev–Trinajstić information content (AvgIpc) is 3.39. The molecule has 3 aliphatic rings. The molecule has 2 bridgehead atoms. The topological polar surface area (TPSA) is 108 Å². The van der Waals surface area contributed by atoms with Crippen molar-refractivity contribution in [2.24, 2.45) is 5.41 Å². The zero-order valence-electron chi connectivity index (χ0n) is 25.5. The van der Waals surface area contributed by atoms with Crippen molar-refractivity contribution < 1.29 is 18.7 Å². The molecule has 3 fully saturated rings. The maximum atomic E-state index is 13.5. The second kappa shape index (κ2) is 11.5. The first-order chi connectivity index (χ1) is 19.8. The second-order valence-electron chi connectivity index (χ2n) is 13.2. The standard InChI is InChI=1S/C30H40ClN5O4SSi/c1-19-23(38-5)21(20-8-16-32-17-9-20)22(24(31)33-19)25(37)34-26-35-36-27(41-26)39-18-29-10-13-30(14-11-29,15-12-29)40-42(6,7)28(2,3)4/h8-9,16-17H,10-15,18H2,1-7H3,(H,34,35,37). The first kappa shape index (κ1) is 30.8. The molecule has 0 aliphatic heterocycles. The Morgan fingerprint density at radius 2 is 1.74 bits per heavy atom. The van der Waals surface area contributed by atoms with Gasteiger partial charge in [0.25, 0.3) is 11.1 Å². The fourth-order valence-electron chi connectivity index (χ4n) is 5.89. The van der Waals surface area contributed by atoms with Gasteiger partial charge < -0.3 is 13.9 Å². The summed E-state index contributed by atoms with van der Waals surface area (Å²) < 4.78 is 18.8. The van der Waals surface area contributed by atoms with Crippen LogP contribution < -0.4 is 14.8 Å². The molecule has 1 N–H and O–H groups in total. The number of amides is 1. The first-order valence-electron chi connectivity index (χ1n) is 14.4. The number of aromatic nitrogens is 4. The minimum atomic E-state index is -1.83. The van der Waals surface area contributed by atoms with Crippen LogP contribution in [0.2, 0.25) is 23.3 Å². The molecule has 3 aliphatic carbocycles. The van der Waals surface area contributed by atoms with Gasteiger partial charge in [0.2, 0.25) is 5.13 Å². The molecule has 0 unspecified atom stereocenters. The van der Waals surface area contributed by atoms with Gasteiger partial charge in [-0.1, -0.05) is 37.5 Å². The molecule has 6 rings (SSSR count). The van der Waals surface area contributed by atoms with Gasteiger partial charge in [0.1, 0.15) is 10.9 Å². The highest BCUT2D eigenvalue weighted by molar-refractivity contribution is 7.17. The Kier molecular flexibility index (Phi) is 8.43. The highest BCUT2D eigenvalue weighted by atomic mass is 35.5. The van der Waals surface area contributed by atoms with Crippen LogP contribution >= 0.6 is 22.9 Å². The van der Waals surface area contributed by atoms with Crippen LogP contribution in [-0.2, 0) is 4.43 Å². The number of anilines is 1. The number of nitrogens with zero attached hydrogens (tertiary/aromatic N) is 4. The number of hydrogen-bond donors (Lipinski definition) is 1. The molecular formula is C30H40ClN5O4SSi. The third-order valence-electron chi connectivity index (χ3n) is 9.42. The van der Waals surface area contributed by atoms with Crippen LogP contribution in [0.25, 0.3) is 11.1 Å². The summed E-state index contributed by atoms with van der Waals surface area (Å²) in [6.07, 6.45) is 9.79. The number of methoxy groups -OCH3 is 1. The number of fused-ring (bicyclic) bond motifs is 3. The third kappa shape index (κ3) is 6.06. The van der Waals surface area contributed by atoms with E-state index in [0.29, 0.717) is 33.9 Å². The van der Waals surface area contributed by atoms with Gasteiger partial charge in [-0.05, 0) is 92.6 Å². The van der Waals surface area contributed by atoms with Crippen LogP contribution in [0.15, 0.2) is 24.5 Å². The highest BCUT2D eigenvalue weighted by Crippen LogP contribution is 2.56. The van der Waals surface area contributed by atoms with E-state index in [0.717, 1.165) is 44.1 Å². The summed E-state index contributed by atoms with van der Waals surface area (Å²) in [6.45, 7) is 14.0. The molecule has 0 atom stereocenters. The van der Waals surface area contributed by atoms with Crippen LogP contribution in [0.1, 0.15) is 75.3 Å². The van der Waals surface area contributed by atoms with E-state index in [1.807, 2.05) is 0 Å². The van der Waals surface area contributed by atoms with Gasteiger partial charge in [0.05, 0.1) is 30.6 Å². The SMILES string of the molecule is COc1c(C)nc(Cl)c(C(=O)Nc2nnc(OCC34CCC(O[Si](C)(C)C(C)(C)C)(CC3)CC4)s2)c1-c1ccncc1. The first-order valence-corrected chi connectivity index (χ1v) is 18.5. The van der Waals surface area contributed by atoms with Crippen molar-refractivity contribution in [2.75, 3.05) is 19.0 Å². The zero-order valence-corrected chi connectivity index (χ0v) is 28.0. The van der Waals surface area contributed by atoms with E-state index < -0.39 is 14.2 Å². The summed E-state index contributed by atoms with van der Waals surface area (Å²) in [5, 5.41) is 12.2. The predicted octanol–water partition coefficient (Wildman–Crippen LogP) is 7.71. The lowest BCUT2D eigenvalue weighted by Crippen LogP contribution is -2.56. The highest BCUT2D eigenvalue weighted by Gasteiger charge is 2.53. The molecule has 0 aromatic carbocycles. The normalized spacial score (nSPS) is 22.2. The third-order valence-corrected chi connectivity index (χ3v) is 15.0. The van der Waals surface area contributed by atoms with Crippen molar-refractivity contribution >= 4 is 42.3 Å². The van der Waals surface area contributed by atoms with Crippen molar-refractivity contribution in [1.29, 1.82) is 0 Å². The van der Waals surface area contributed by atoms with E-state index in [1.165, 1.54) is 18.4 Å². The monoisotopic (exact) mass is 629 g/mol. The number of halogens is 1. The molecule has 3 heterocycles. The largest absolute Gasteiger partial charge is 0.494 e. The molecule has 1 amide bonds. The molecule has 9 nitrogen and oxygen atoms in total. The minimum Gasteiger partial charge on any atom is -0.494 e. The maximum Gasteiger partial charge on any atom is 0.295 e. The molecule has 12 heteroatoms. The number of pyridine rings is 2. The van der Waals surface area contributed by atoms with Gasteiger partial charge in [0.15, 0.2) is 8.32 Å². The van der Waals surface area contributed by atoms with Crippen molar-refractivity contribution in [3.63, 3.8) is 0 Å². The van der Waals surface area contributed by atoms with Gasteiger partial charge in [-0.3, -0.25) is 15.1 Å². The molecule has 0 radical (unpaired) electrons. The predicted molar refractivity (Wildman–Crippen MR) is 168 cm³/mol.